The molecule has 0 aromatic rings. The van der Waals surface area contributed by atoms with E-state index < -0.39 is 18.0 Å². The maximum absolute atomic E-state index is 12.5. The van der Waals surface area contributed by atoms with E-state index in [9.17, 15) is 19.5 Å². The van der Waals surface area contributed by atoms with Crippen LogP contribution in [0.15, 0.2) is 47.6 Å². The highest BCUT2D eigenvalue weighted by molar-refractivity contribution is 8.00. The van der Waals surface area contributed by atoms with Crippen LogP contribution in [-0.2, 0) is 19.1 Å². The van der Waals surface area contributed by atoms with E-state index in [2.05, 4.69) is 18.5 Å². The number of thioether (sulfide) groups is 1. The lowest BCUT2D eigenvalue weighted by atomic mass is 9.97. The number of methoxy groups -OCH3 is 1. The summed E-state index contributed by atoms with van der Waals surface area (Å²) in [4.78, 5) is 36.6. The molecule has 2 atom stereocenters. The lowest BCUT2D eigenvalue weighted by Gasteiger charge is -2.38. The van der Waals surface area contributed by atoms with Crippen LogP contribution in [0.3, 0.4) is 0 Å². The SMILES string of the molecule is C=C/C=C(\C(=C)Cl)[C@@H](C(=O)OC)N1CCC(SCNC(C)=O)/C(=C/C(=O)O)C1. The first kappa shape index (κ1) is 24.0. The summed E-state index contributed by atoms with van der Waals surface area (Å²) < 4.78 is 4.93. The van der Waals surface area contributed by atoms with Gasteiger partial charge in [0.1, 0.15) is 6.04 Å². The summed E-state index contributed by atoms with van der Waals surface area (Å²) in [5.41, 5.74) is 1.09. The largest absolute Gasteiger partial charge is 0.478 e. The van der Waals surface area contributed by atoms with Gasteiger partial charge < -0.3 is 15.2 Å². The molecule has 1 heterocycles. The zero-order valence-electron chi connectivity index (χ0n) is 15.9. The van der Waals surface area contributed by atoms with Gasteiger partial charge in [-0.05, 0) is 17.6 Å². The number of halogens is 1. The predicted molar refractivity (Wildman–Crippen MR) is 111 cm³/mol. The number of hydrogen-bond acceptors (Lipinski definition) is 6. The highest BCUT2D eigenvalue weighted by atomic mass is 35.5. The number of ether oxygens (including phenoxy) is 1. The zero-order valence-corrected chi connectivity index (χ0v) is 17.5. The molecule has 0 aliphatic carbocycles. The van der Waals surface area contributed by atoms with E-state index in [1.165, 1.54) is 31.9 Å². The first-order chi connectivity index (χ1) is 13.2. The fraction of sp³-hybridized carbons (Fsp3) is 0.421. The van der Waals surface area contributed by atoms with Gasteiger partial charge in [0.25, 0.3) is 0 Å². The number of amides is 1. The first-order valence-corrected chi connectivity index (χ1v) is 9.92. The van der Waals surface area contributed by atoms with Gasteiger partial charge in [-0.15, -0.1) is 11.8 Å². The second kappa shape index (κ2) is 11.7. The number of carbonyl (C=O) groups excluding carboxylic acids is 2. The van der Waals surface area contributed by atoms with Gasteiger partial charge in [-0.1, -0.05) is 36.9 Å². The Kier molecular flexibility index (Phi) is 10.1. The van der Waals surface area contributed by atoms with Crippen LogP contribution in [0.2, 0.25) is 0 Å². The molecule has 9 heteroatoms. The van der Waals surface area contributed by atoms with Crippen molar-refractivity contribution in [3.05, 3.63) is 47.6 Å². The first-order valence-electron chi connectivity index (χ1n) is 8.49. The number of nitrogens with one attached hydrogen (secondary N) is 1. The minimum atomic E-state index is -1.07. The van der Waals surface area contributed by atoms with Crippen LogP contribution in [0.1, 0.15) is 13.3 Å². The number of allylic oxidation sites excluding steroid dienone is 2. The molecule has 1 aliphatic rings. The minimum absolute atomic E-state index is 0.0940. The van der Waals surface area contributed by atoms with E-state index >= 15 is 0 Å². The summed E-state index contributed by atoms with van der Waals surface area (Å²) in [6.45, 7) is 9.51. The van der Waals surface area contributed by atoms with Crippen LogP contribution in [0.4, 0.5) is 0 Å². The molecule has 2 N–H and O–H groups in total. The monoisotopic (exact) mass is 428 g/mol. The highest BCUT2D eigenvalue weighted by Crippen LogP contribution is 2.31. The number of aliphatic carboxylic acids is 1. The Balaban J connectivity index is 3.13. The zero-order chi connectivity index (χ0) is 21.3. The van der Waals surface area contributed by atoms with E-state index in [1.807, 2.05) is 0 Å². The number of carboxylic acids is 1. The molecule has 1 rings (SSSR count). The molecular weight excluding hydrogens is 404 g/mol. The van der Waals surface area contributed by atoms with Crippen molar-refractivity contribution in [2.45, 2.75) is 24.6 Å². The number of rotatable bonds is 9. The topological polar surface area (TPSA) is 95.9 Å². The van der Waals surface area contributed by atoms with Crippen molar-refractivity contribution in [1.29, 1.82) is 0 Å². The van der Waals surface area contributed by atoms with E-state index in [1.54, 1.807) is 11.0 Å². The predicted octanol–water partition coefficient (Wildman–Crippen LogP) is 2.30. The van der Waals surface area contributed by atoms with Gasteiger partial charge in [0.05, 0.1) is 13.0 Å². The van der Waals surface area contributed by atoms with E-state index in [0.717, 1.165) is 6.08 Å². The summed E-state index contributed by atoms with van der Waals surface area (Å²) in [5, 5.41) is 12.0. The highest BCUT2D eigenvalue weighted by Gasteiger charge is 2.36. The van der Waals surface area contributed by atoms with Gasteiger partial charge in [0, 0.05) is 36.4 Å². The normalized spacial score (nSPS) is 20.3. The van der Waals surface area contributed by atoms with E-state index in [4.69, 9.17) is 16.3 Å². The van der Waals surface area contributed by atoms with Crippen LogP contribution >= 0.6 is 23.4 Å². The van der Waals surface area contributed by atoms with Crippen molar-refractivity contribution in [2.75, 3.05) is 26.1 Å². The average molecular weight is 429 g/mol. The molecule has 154 valence electrons. The number of hydrogen-bond donors (Lipinski definition) is 2. The van der Waals surface area contributed by atoms with Gasteiger partial charge in [-0.25, -0.2) is 9.59 Å². The molecule has 0 saturated carbocycles. The second-order valence-electron chi connectivity index (χ2n) is 6.04. The Hall–Kier alpha value is -2.03. The van der Waals surface area contributed by atoms with Gasteiger partial charge in [0.2, 0.25) is 5.91 Å². The number of nitrogens with zero attached hydrogens (tertiary/aromatic N) is 1. The molecule has 28 heavy (non-hydrogen) atoms. The molecule has 1 unspecified atom stereocenters. The fourth-order valence-electron chi connectivity index (χ4n) is 2.88. The Bertz CT molecular complexity index is 704. The van der Waals surface area contributed by atoms with Crippen LogP contribution in [-0.4, -0.2) is 65.2 Å². The Labute approximate surface area is 174 Å². The molecule has 1 amide bonds. The molecule has 1 saturated heterocycles. The van der Waals surface area contributed by atoms with Crippen LogP contribution < -0.4 is 5.32 Å². The number of esters is 1. The van der Waals surface area contributed by atoms with Crippen molar-refractivity contribution in [1.82, 2.24) is 10.2 Å². The molecule has 1 aliphatic heterocycles. The number of carboxylic acid groups (broad SMARTS) is 1. The fourth-order valence-corrected chi connectivity index (χ4v) is 4.16. The van der Waals surface area contributed by atoms with Crippen molar-refractivity contribution in [2.24, 2.45) is 0 Å². The summed E-state index contributed by atoms with van der Waals surface area (Å²) in [5.74, 6) is -1.37. The summed E-state index contributed by atoms with van der Waals surface area (Å²) >= 11 is 7.53. The second-order valence-corrected chi connectivity index (χ2v) is 7.68. The molecule has 1 fully saturated rings. The standard InChI is InChI=1S/C19H25ClN2O5S/c1-5-6-15(12(2)20)18(19(26)27-4)22-8-7-16(28-11-21-13(3)23)14(10-22)9-17(24)25/h5-6,9,16,18H,1-2,7-8,10-11H2,3-4H3,(H,21,23)(H,24,25)/b14-9+,15-6+/t16?,18-/m0/s1. The van der Waals surface area contributed by atoms with Crippen LogP contribution in [0.25, 0.3) is 0 Å². The number of carbonyl (C=O) groups is 3. The van der Waals surface area contributed by atoms with Crippen molar-refractivity contribution in [3.63, 3.8) is 0 Å². The third kappa shape index (κ3) is 7.18. The molecule has 0 aromatic heterocycles. The van der Waals surface area contributed by atoms with Gasteiger partial charge in [-0.2, -0.15) is 0 Å². The van der Waals surface area contributed by atoms with Crippen LogP contribution in [0.5, 0.6) is 0 Å². The van der Waals surface area contributed by atoms with Crippen molar-refractivity contribution in [3.8, 4) is 0 Å². The summed E-state index contributed by atoms with van der Waals surface area (Å²) in [7, 11) is 1.28. The lowest BCUT2D eigenvalue weighted by Crippen LogP contribution is -2.49. The smallest absolute Gasteiger partial charge is 0.328 e. The number of likely N-dealkylation sites (tertiary alicyclic amines) is 1. The van der Waals surface area contributed by atoms with E-state index in [-0.39, 0.29) is 22.7 Å². The Morgan fingerprint density at radius 1 is 1.50 bits per heavy atom. The van der Waals surface area contributed by atoms with Crippen LogP contribution in [0, 0.1) is 0 Å². The maximum Gasteiger partial charge on any atom is 0.328 e. The molecule has 7 nitrogen and oxygen atoms in total. The molecule has 0 radical (unpaired) electrons. The van der Waals surface area contributed by atoms with Crippen molar-refractivity contribution < 1.29 is 24.2 Å². The van der Waals surface area contributed by atoms with Gasteiger partial charge in [-0.3, -0.25) is 9.69 Å². The molecular formula is C19H25ClN2O5S. The molecule has 0 spiro atoms. The maximum atomic E-state index is 12.5. The Morgan fingerprint density at radius 2 is 2.18 bits per heavy atom. The number of piperidine rings is 1. The molecule has 0 bridgehead atoms. The third-order valence-electron chi connectivity index (χ3n) is 4.09. The Morgan fingerprint density at radius 3 is 2.68 bits per heavy atom. The average Bonchev–Trinajstić information content (AvgIpc) is 2.61. The lowest BCUT2D eigenvalue weighted by molar-refractivity contribution is -0.145. The summed E-state index contributed by atoms with van der Waals surface area (Å²) in [6, 6.07) is -0.827. The van der Waals surface area contributed by atoms with Crippen molar-refractivity contribution >= 4 is 41.2 Å². The van der Waals surface area contributed by atoms with E-state index in [0.29, 0.717) is 30.0 Å². The van der Waals surface area contributed by atoms with Gasteiger partial charge in [0.15, 0.2) is 0 Å². The van der Waals surface area contributed by atoms with Gasteiger partial charge >= 0.3 is 11.9 Å². The quantitative estimate of drug-likeness (QED) is 0.252. The third-order valence-corrected chi connectivity index (χ3v) is 5.56. The molecule has 0 aromatic carbocycles. The summed E-state index contributed by atoms with van der Waals surface area (Å²) in [6.07, 6.45) is 4.84. The minimum Gasteiger partial charge on any atom is -0.478 e.